The summed E-state index contributed by atoms with van der Waals surface area (Å²) < 4.78 is 0. The van der Waals surface area contributed by atoms with Crippen molar-refractivity contribution >= 4 is 11.8 Å². The van der Waals surface area contributed by atoms with Crippen LogP contribution in [0, 0.1) is 6.92 Å². The number of anilines is 2. The zero-order chi connectivity index (χ0) is 16.6. The van der Waals surface area contributed by atoms with E-state index in [0.29, 0.717) is 12.0 Å². The Bertz CT molecular complexity index is 706. The molecule has 0 saturated carbocycles. The maximum Gasteiger partial charge on any atom is 0.225 e. The van der Waals surface area contributed by atoms with Gasteiger partial charge in [-0.1, -0.05) is 24.3 Å². The molecule has 1 aromatic heterocycles. The molecule has 122 valence electrons. The molecule has 2 heterocycles. The number of aryl methyl sites for hydroxylation is 1. The van der Waals surface area contributed by atoms with E-state index in [0.717, 1.165) is 24.5 Å². The second kappa shape index (κ2) is 5.84. The number of hydrogen-bond acceptors (Lipinski definition) is 4. The summed E-state index contributed by atoms with van der Waals surface area (Å²) in [6.07, 6.45) is 1.03. The molecular formula is C19H26N4. The predicted octanol–water partition coefficient (Wildman–Crippen LogP) is 3.95. The van der Waals surface area contributed by atoms with Crippen LogP contribution < -0.4 is 10.2 Å². The Morgan fingerprint density at radius 2 is 1.83 bits per heavy atom. The number of nitrogens with zero attached hydrogens (tertiary/aromatic N) is 3. The lowest BCUT2D eigenvalue weighted by Crippen LogP contribution is -2.49. The van der Waals surface area contributed by atoms with Gasteiger partial charge >= 0.3 is 0 Å². The first-order valence-corrected chi connectivity index (χ1v) is 8.32. The van der Waals surface area contributed by atoms with Gasteiger partial charge in [-0.05, 0) is 52.2 Å². The Morgan fingerprint density at radius 1 is 1.13 bits per heavy atom. The maximum absolute atomic E-state index is 4.77. The van der Waals surface area contributed by atoms with Gasteiger partial charge in [0.25, 0.3) is 0 Å². The van der Waals surface area contributed by atoms with E-state index in [1.807, 2.05) is 6.92 Å². The fourth-order valence-electron chi connectivity index (χ4n) is 3.23. The monoisotopic (exact) mass is 310 g/mol. The maximum atomic E-state index is 4.77. The van der Waals surface area contributed by atoms with E-state index < -0.39 is 0 Å². The molecule has 0 radical (unpaired) electrons. The lowest BCUT2D eigenvalue weighted by molar-refractivity contribution is 0.427. The Hall–Kier alpha value is -2.10. The lowest BCUT2D eigenvalue weighted by atomic mass is 9.85. The normalized spacial score (nSPS) is 16.3. The predicted molar refractivity (Wildman–Crippen MR) is 95.9 cm³/mol. The first kappa shape index (κ1) is 15.8. The standard InChI is InChI=1S/C19H26N4/c1-13(2)20-18-21-14(3)10-17(22-18)23-12-16-9-7-6-8-15(16)11-19(23,4)5/h6-10,13H,11-12H2,1-5H3,(H,20,21,22). The van der Waals surface area contributed by atoms with Crippen LogP contribution in [0.15, 0.2) is 30.3 Å². The fraction of sp³-hybridized carbons (Fsp3) is 0.474. The Morgan fingerprint density at radius 3 is 2.52 bits per heavy atom. The van der Waals surface area contributed by atoms with E-state index in [2.05, 4.69) is 73.2 Å². The van der Waals surface area contributed by atoms with Crippen LogP contribution in [0.3, 0.4) is 0 Å². The molecule has 0 saturated heterocycles. The summed E-state index contributed by atoms with van der Waals surface area (Å²) in [5, 5.41) is 3.32. The average molecular weight is 310 g/mol. The van der Waals surface area contributed by atoms with Crippen LogP contribution in [0.2, 0.25) is 0 Å². The number of fused-ring (bicyclic) bond motifs is 1. The van der Waals surface area contributed by atoms with Crippen molar-refractivity contribution in [3.63, 3.8) is 0 Å². The smallest absolute Gasteiger partial charge is 0.225 e. The van der Waals surface area contributed by atoms with Gasteiger partial charge in [-0.25, -0.2) is 4.98 Å². The third-order valence-electron chi connectivity index (χ3n) is 4.34. The summed E-state index contributed by atoms with van der Waals surface area (Å²) in [5.41, 5.74) is 3.86. The van der Waals surface area contributed by atoms with Gasteiger partial charge in [-0.3, -0.25) is 0 Å². The van der Waals surface area contributed by atoms with Crippen molar-refractivity contribution in [1.29, 1.82) is 0 Å². The Kier molecular flexibility index (Phi) is 4.00. The summed E-state index contributed by atoms with van der Waals surface area (Å²) in [6, 6.07) is 11.1. The first-order valence-electron chi connectivity index (χ1n) is 8.32. The summed E-state index contributed by atoms with van der Waals surface area (Å²) in [7, 11) is 0. The van der Waals surface area contributed by atoms with Gasteiger partial charge in [0.1, 0.15) is 5.82 Å². The highest BCUT2D eigenvalue weighted by molar-refractivity contribution is 5.51. The van der Waals surface area contributed by atoms with E-state index in [4.69, 9.17) is 4.98 Å². The molecular weight excluding hydrogens is 284 g/mol. The van der Waals surface area contributed by atoms with Gasteiger partial charge in [-0.15, -0.1) is 0 Å². The molecule has 3 rings (SSSR count). The summed E-state index contributed by atoms with van der Waals surface area (Å²) in [4.78, 5) is 11.7. The minimum Gasteiger partial charge on any atom is -0.352 e. The highest BCUT2D eigenvalue weighted by atomic mass is 15.3. The van der Waals surface area contributed by atoms with Crippen LogP contribution in [0.5, 0.6) is 0 Å². The molecule has 0 atom stereocenters. The molecule has 0 spiro atoms. The molecule has 0 fully saturated rings. The number of nitrogens with one attached hydrogen (secondary N) is 1. The molecule has 0 bridgehead atoms. The highest BCUT2D eigenvalue weighted by Crippen LogP contribution is 2.34. The largest absolute Gasteiger partial charge is 0.352 e. The van der Waals surface area contributed by atoms with Crippen molar-refractivity contribution in [2.24, 2.45) is 0 Å². The lowest BCUT2D eigenvalue weighted by Gasteiger charge is -2.44. The molecule has 0 amide bonds. The first-order chi connectivity index (χ1) is 10.8. The van der Waals surface area contributed by atoms with E-state index >= 15 is 0 Å². The second-order valence-corrected chi connectivity index (χ2v) is 7.33. The minimum absolute atomic E-state index is 0.0320. The van der Waals surface area contributed by atoms with Gasteiger partial charge < -0.3 is 10.2 Å². The molecule has 1 aliphatic heterocycles. The third kappa shape index (κ3) is 3.31. The fourth-order valence-corrected chi connectivity index (χ4v) is 3.23. The Balaban J connectivity index is 1.99. The van der Waals surface area contributed by atoms with Crippen LogP contribution >= 0.6 is 0 Å². The molecule has 1 aliphatic rings. The molecule has 1 aromatic carbocycles. The minimum atomic E-state index is 0.0320. The van der Waals surface area contributed by atoms with Crippen LogP contribution in [0.1, 0.15) is 44.5 Å². The van der Waals surface area contributed by atoms with Crippen LogP contribution in [0.25, 0.3) is 0 Å². The van der Waals surface area contributed by atoms with Crippen molar-refractivity contribution in [3.05, 3.63) is 47.2 Å². The van der Waals surface area contributed by atoms with E-state index in [-0.39, 0.29) is 5.54 Å². The number of benzene rings is 1. The summed E-state index contributed by atoms with van der Waals surface area (Å²) >= 11 is 0. The molecule has 1 N–H and O–H groups in total. The van der Waals surface area contributed by atoms with Gasteiger partial charge in [0, 0.05) is 29.9 Å². The van der Waals surface area contributed by atoms with E-state index in [9.17, 15) is 0 Å². The number of rotatable bonds is 3. The van der Waals surface area contributed by atoms with Crippen molar-refractivity contribution in [2.75, 3.05) is 10.2 Å². The molecule has 0 unspecified atom stereocenters. The number of aromatic nitrogens is 2. The van der Waals surface area contributed by atoms with Gasteiger partial charge in [-0.2, -0.15) is 4.98 Å². The summed E-state index contributed by atoms with van der Waals surface area (Å²) in [5.74, 6) is 1.71. The molecule has 2 aromatic rings. The van der Waals surface area contributed by atoms with Crippen LogP contribution in [-0.2, 0) is 13.0 Å². The Labute approximate surface area is 139 Å². The third-order valence-corrected chi connectivity index (χ3v) is 4.34. The molecule has 0 aliphatic carbocycles. The van der Waals surface area contributed by atoms with Crippen molar-refractivity contribution < 1.29 is 0 Å². The second-order valence-electron chi connectivity index (χ2n) is 7.33. The van der Waals surface area contributed by atoms with Crippen LogP contribution in [0.4, 0.5) is 11.8 Å². The zero-order valence-electron chi connectivity index (χ0n) is 14.7. The molecule has 23 heavy (non-hydrogen) atoms. The van der Waals surface area contributed by atoms with Crippen molar-refractivity contribution in [3.8, 4) is 0 Å². The topological polar surface area (TPSA) is 41.1 Å². The van der Waals surface area contributed by atoms with E-state index in [1.165, 1.54) is 11.1 Å². The van der Waals surface area contributed by atoms with Gasteiger partial charge in [0.2, 0.25) is 5.95 Å². The van der Waals surface area contributed by atoms with Gasteiger partial charge in [0.05, 0.1) is 0 Å². The molecule has 4 heteroatoms. The zero-order valence-corrected chi connectivity index (χ0v) is 14.7. The SMILES string of the molecule is Cc1cc(N2Cc3ccccc3CC2(C)C)nc(NC(C)C)n1. The number of hydrogen-bond donors (Lipinski definition) is 1. The van der Waals surface area contributed by atoms with Crippen molar-refractivity contribution in [1.82, 2.24) is 9.97 Å². The van der Waals surface area contributed by atoms with Crippen molar-refractivity contribution in [2.45, 2.75) is 59.2 Å². The van der Waals surface area contributed by atoms with Gasteiger partial charge in [0.15, 0.2) is 0 Å². The van der Waals surface area contributed by atoms with E-state index in [1.54, 1.807) is 0 Å². The summed E-state index contributed by atoms with van der Waals surface area (Å²) in [6.45, 7) is 11.7. The molecule has 4 nitrogen and oxygen atoms in total. The van der Waals surface area contributed by atoms with Crippen LogP contribution in [-0.4, -0.2) is 21.5 Å². The quantitative estimate of drug-likeness (QED) is 0.932. The highest BCUT2D eigenvalue weighted by Gasteiger charge is 2.33. The average Bonchev–Trinajstić information content (AvgIpc) is 2.44.